The van der Waals surface area contributed by atoms with Crippen molar-refractivity contribution in [2.75, 3.05) is 5.32 Å². The minimum absolute atomic E-state index is 0.0956. The smallest absolute Gasteiger partial charge is 0.335 e. The van der Waals surface area contributed by atoms with Crippen molar-refractivity contribution in [3.63, 3.8) is 0 Å². The van der Waals surface area contributed by atoms with E-state index in [9.17, 15) is 18.0 Å². The summed E-state index contributed by atoms with van der Waals surface area (Å²) in [6.07, 6.45) is 4.81. The standard InChI is InChI=1S/C23H26N2O5S/c1-14(21-13-15-2-3-18(21)12-15)25-31(29,30)20-10-8-19(9-11-20)24-22(26)16-4-6-17(7-5-16)23(27)28/h4-11,14-15,18,21,25H,2-3,12-13H2,1H3,(H,24,26)(H,27,28)/t14-,15+,18+,21-/m1/s1. The molecule has 4 rings (SSSR count). The second kappa shape index (κ2) is 8.43. The first-order valence-electron chi connectivity index (χ1n) is 10.5. The number of fused-ring (bicyclic) bond motifs is 2. The van der Waals surface area contributed by atoms with Crippen molar-refractivity contribution in [1.82, 2.24) is 4.72 Å². The highest BCUT2D eigenvalue weighted by atomic mass is 32.2. The quantitative estimate of drug-likeness (QED) is 0.605. The first-order chi connectivity index (χ1) is 14.7. The molecule has 0 aromatic heterocycles. The number of hydrogen-bond acceptors (Lipinski definition) is 4. The van der Waals surface area contributed by atoms with E-state index < -0.39 is 21.9 Å². The molecule has 2 saturated carbocycles. The number of aromatic carboxylic acids is 1. The van der Waals surface area contributed by atoms with E-state index in [2.05, 4.69) is 10.0 Å². The van der Waals surface area contributed by atoms with Crippen LogP contribution in [0.3, 0.4) is 0 Å². The summed E-state index contributed by atoms with van der Waals surface area (Å²) in [7, 11) is -3.64. The summed E-state index contributed by atoms with van der Waals surface area (Å²) in [5, 5.41) is 11.6. The topological polar surface area (TPSA) is 113 Å². The highest BCUT2D eigenvalue weighted by molar-refractivity contribution is 7.89. The van der Waals surface area contributed by atoms with Gasteiger partial charge in [-0.2, -0.15) is 0 Å². The summed E-state index contributed by atoms with van der Waals surface area (Å²) in [5.41, 5.74) is 0.855. The molecular weight excluding hydrogens is 416 g/mol. The van der Waals surface area contributed by atoms with Crippen LogP contribution in [0.15, 0.2) is 53.4 Å². The molecule has 0 unspecified atom stereocenters. The maximum absolute atomic E-state index is 12.8. The third kappa shape index (κ3) is 4.65. The van der Waals surface area contributed by atoms with E-state index in [-0.39, 0.29) is 16.5 Å². The van der Waals surface area contributed by atoms with E-state index in [4.69, 9.17) is 5.11 Å². The lowest BCUT2D eigenvalue weighted by Crippen LogP contribution is -2.40. The van der Waals surface area contributed by atoms with Crippen LogP contribution in [-0.4, -0.2) is 31.4 Å². The fourth-order valence-corrected chi connectivity index (χ4v) is 6.29. The zero-order chi connectivity index (χ0) is 22.2. The minimum Gasteiger partial charge on any atom is -0.478 e. The molecule has 2 aromatic carbocycles. The lowest BCUT2D eigenvalue weighted by atomic mass is 9.84. The number of rotatable bonds is 7. The lowest BCUT2D eigenvalue weighted by molar-refractivity contribution is 0.0696. The van der Waals surface area contributed by atoms with Gasteiger partial charge in [-0.1, -0.05) is 6.42 Å². The molecule has 2 bridgehead atoms. The summed E-state index contributed by atoms with van der Waals surface area (Å²) >= 11 is 0. The van der Waals surface area contributed by atoms with Crippen molar-refractivity contribution in [3.8, 4) is 0 Å². The third-order valence-electron chi connectivity index (χ3n) is 6.59. The number of nitrogens with one attached hydrogen (secondary N) is 2. The highest BCUT2D eigenvalue weighted by Gasteiger charge is 2.42. The molecule has 31 heavy (non-hydrogen) atoms. The van der Waals surface area contributed by atoms with Gasteiger partial charge in [0.15, 0.2) is 0 Å². The van der Waals surface area contributed by atoms with Gasteiger partial charge >= 0.3 is 5.97 Å². The van der Waals surface area contributed by atoms with Gasteiger partial charge in [0.05, 0.1) is 10.5 Å². The molecule has 4 atom stereocenters. The van der Waals surface area contributed by atoms with E-state index in [1.165, 1.54) is 55.7 Å². The first kappa shape index (κ1) is 21.5. The van der Waals surface area contributed by atoms with Crippen molar-refractivity contribution < 1.29 is 23.1 Å². The number of carboxylic acids is 1. The van der Waals surface area contributed by atoms with Crippen LogP contribution in [0.25, 0.3) is 0 Å². The van der Waals surface area contributed by atoms with Gasteiger partial charge in [0.2, 0.25) is 10.0 Å². The van der Waals surface area contributed by atoms with Crippen molar-refractivity contribution >= 4 is 27.6 Å². The largest absolute Gasteiger partial charge is 0.478 e. The van der Waals surface area contributed by atoms with Crippen molar-refractivity contribution in [2.45, 2.75) is 43.5 Å². The van der Waals surface area contributed by atoms with Gasteiger partial charge in [0, 0.05) is 17.3 Å². The monoisotopic (exact) mass is 442 g/mol. The Morgan fingerprint density at radius 1 is 0.968 bits per heavy atom. The maximum Gasteiger partial charge on any atom is 0.335 e. The molecule has 2 aliphatic rings. The number of sulfonamides is 1. The van der Waals surface area contributed by atoms with Crippen LogP contribution in [0.5, 0.6) is 0 Å². The number of carbonyl (C=O) groups excluding carboxylic acids is 1. The second-order valence-electron chi connectivity index (χ2n) is 8.61. The zero-order valence-electron chi connectivity index (χ0n) is 17.2. The average molecular weight is 443 g/mol. The molecule has 0 radical (unpaired) electrons. The molecule has 2 aromatic rings. The van der Waals surface area contributed by atoms with Crippen molar-refractivity contribution in [2.24, 2.45) is 17.8 Å². The fourth-order valence-electron chi connectivity index (χ4n) is 4.99. The summed E-state index contributed by atoms with van der Waals surface area (Å²) in [5.74, 6) is 0.317. The summed E-state index contributed by atoms with van der Waals surface area (Å²) in [6.45, 7) is 1.95. The minimum atomic E-state index is -3.64. The van der Waals surface area contributed by atoms with E-state index in [0.29, 0.717) is 23.1 Å². The molecule has 0 heterocycles. The van der Waals surface area contributed by atoms with Crippen molar-refractivity contribution in [1.29, 1.82) is 0 Å². The van der Waals surface area contributed by atoms with E-state index >= 15 is 0 Å². The normalized spacial score (nSPS) is 23.5. The Morgan fingerprint density at radius 2 is 1.61 bits per heavy atom. The Morgan fingerprint density at radius 3 is 2.16 bits per heavy atom. The number of carbonyl (C=O) groups is 2. The molecule has 164 valence electrons. The van der Waals surface area contributed by atoms with Gasteiger partial charge in [-0.15, -0.1) is 0 Å². The second-order valence-corrected chi connectivity index (χ2v) is 10.3. The average Bonchev–Trinajstić information content (AvgIpc) is 3.38. The number of carboxylic acid groups (broad SMARTS) is 1. The Labute approximate surface area is 181 Å². The molecule has 1 amide bonds. The van der Waals surface area contributed by atoms with Crippen LogP contribution in [0.1, 0.15) is 53.3 Å². The highest BCUT2D eigenvalue weighted by Crippen LogP contribution is 2.49. The molecule has 8 heteroatoms. The van der Waals surface area contributed by atoms with Gasteiger partial charge in [-0.05, 0) is 92.5 Å². The Kier molecular flexibility index (Phi) is 5.85. The van der Waals surface area contributed by atoms with Gasteiger partial charge in [-0.25, -0.2) is 17.9 Å². The number of anilines is 1. The van der Waals surface area contributed by atoms with Crippen LogP contribution >= 0.6 is 0 Å². The maximum atomic E-state index is 12.8. The molecule has 3 N–H and O–H groups in total. The van der Waals surface area contributed by atoms with Gasteiger partial charge in [-0.3, -0.25) is 4.79 Å². The van der Waals surface area contributed by atoms with Crippen LogP contribution in [0, 0.1) is 17.8 Å². The Bertz CT molecular complexity index is 1080. The van der Waals surface area contributed by atoms with Crippen molar-refractivity contribution in [3.05, 3.63) is 59.7 Å². The number of amides is 1. The summed E-state index contributed by atoms with van der Waals surface area (Å²) in [4.78, 5) is 23.4. The Hall–Kier alpha value is -2.71. The SMILES string of the molecule is C[C@@H](NS(=O)(=O)c1ccc(NC(=O)c2ccc(C(=O)O)cc2)cc1)[C@H]1C[C@H]2CC[C@H]1C2. The van der Waals surface area contributed by atoms with E-state index in [1.807, 2.05) is 6.92 Å². The third-order valence-corrected chi connectivity index (χ3v) is 8.17. The molecule has 0 spiro atoms. The molecule has 0 aliphatic heterocycles. The Balaban J connectivity index is 1.38. The predicted octanol–water partition coefficient (Wildman–Crippen LogP) is 3.74. The molecule has 2 aliphatic carbocycles. The lowest BCUT2D eigenvalue weighted by Gasteiger charge is -2.28. The number of hydrogen-bond donors (Lipinski definition) is 3. The summed E-state index contributed by atoms with van der Waals surface area (Å²) < 4.78 is 28.4. The van der Waals surface area contributed by atoms with Gasteiger partial charge in [0.1, 0.15) is 0 Å². The van der Waals surface area contributed by atoms with E-state index in [0.717, 1.165) is 12.3 Å². The van der Waals surface area contributed by atoms with Gasteiger partial charge < -0.3 is 10.4 Å². The molecule has 7 nitrogen and oxygen atoms in total. The summed E-state index contributed by atoms with van der Waals surface area (Å²) in [6, 6.07) is 11.5. The van der Waals surface area contributed by atoms with E-state index in [1.54, 1.807) is 12.1 Å². The first-order valence-corrected chi connectivity index (χ1v) is 12.0. The fraction of sp³-hybridized carbons (Fsp3) is 0.391. The predicted molar refractivity (Wildman–Crippen MR) is 117 cm³/mol. The zero-order valence-corrected chi connectivity index (χ0v) is 18.1. The molecule has 2 fully saturated rings. The van der Waals surface area contributed by atoms with Crippen LogP contribution in [-0.2, 0) is 10.0 Å². The molecule has 0 saturated heterocycles. The van der Waals surface area contributed by atoms with Gasteiger partial charge in [0.25, 0.3) is 5.91 Å². The van der Waals surface area contributed by atoms with Crippen LogP contribution in [0.2, 0.25) is 0 Å². The van der Waals surface area contributed by atoms with Crippen LogP contribution in [0.4, 0.5) is 5.69 Å². The molecular formula is C23H26N2O5S. The number of benzene rings is 2. The van der Waals surface area contributed by atoms with Crippen LogP contribution < -0.4 is 10.0 Å².